The number of aromatic nitrogens is 3. The molecule has 25 heavy (non-hydrogen) atoms. The first-order chi connectivity index (χ1) is 12.0. The maximum absolute atomic E-state index is 13.8. The van der Waals surface area contributed by atoms with Crippen molar-refractivity contribution in [1.82, 2.24) is 20.1 Å². The Balaban J connectivity index is 1.52. The Morgan fingerprint density at radius 3 is 2.92 bits per heavy atom. The molecule has 9 heteroatoms. The number of rotatable bonds is 6. The Labute approximate surface area is 142 Å². The van der Waals surface area contributed by atoms with Crippen LogP contribution < -0.4 is 10.2 Å². The molecule has 3 rings (SSSR count). The van der Waals surface area contributed by atoms with Gasteiger partial charge in [0, 0.05) is 32.1 Å². The first-order valence-corrected chi connectivity index (χ1v) is 7.90. The molecule has 1 aromatic carbocycles. The van der Waals surface area contributed by atoms with Crippen molar-refractivity contribution in [2.75, 3.05) is 18.0 Å². The van der Waals surface area contributed by atoms with Crippen LogP contribution in [0.2, 0.25) is 0 Å². The van der Waals surface area contributed by atoms with Crippen molar-refractivity contribution >= 4 is 17.5 Å². The highest BCUT2D eigenvalue weighted by molar-refractivity contribution is 6.00. The summed E-state index contributed by atoms with van der Waals surface area (Å²) < 4.78 is 28.5. The van der Waals surface area contributed by atoms with Gasteiger partial charge in [-0.15, -0.1) is 0 Å². The second-order valence-electron chi connectivity index (χ2n) is 5.80. The van der Waals surface area contributed by atoms with Crippen molar-refractivity contribution in [3.05, 3.63) is 42.5 Å². The van der Waals surface area contributed by atoms with E-state index in [1.165, 1.54) is 17.3 Å². The van der Waals surface area contributed by atoms with Crippen LogP contribution in [-0.2, 0) is 16.1 Å². The summed E-state index contributed by atoms with van der Waals surface area (Å²) >= 11 is 0. The lowest BCUT2D eigenvalue weighted by Crippen LogP contribution is -2.34. The van der Waals surface area contributed by atoms with Gasteiger partial charge in [-0.05, 0) is 18.6 Å². The fourth-order valence-electron chi connectivity index (χ4n) is 2.76. The van der Waals surface area contributed by atoms with Gasteiger partial charge in [0.15, 0.2) is 0 Å². The summed E-state index contributed by atoms with van der Waals surface area (Å²) in [7, 11) is 0. The number of carbonyl (C=O) groups is 2. The van der Waals surface area contributed by atoms with E-state index in [0.717, 1.165) is 12.1 Å². The predicted octanol–water partition coefficient (Wildman–Crippen LogP) is 1.12. The van der Waals surface area contributed by atoms with Crippen molar-refractivity contribution in [3.8, 4) is 0 Å². The number of nitrogens with one attached hydrogen (secondary N) is 1. The third-order valence-electron chi connectivity index (χ3n) is 4.03. The van der Waals surface area contributed by atoms with Gasteiger partial charge in [0.25, 0.3) is 0 Å². The van der Waals surface area contributed by atoms with Gasteiger partial charge < -0.3 is 10.2 Å². The number of benzene rings is 1. The van der Waals surface area contributed by atoms with Crippen molar-refractivity contribution in [2.45, 2.75) is 19.4 Å². The Morgan fingerprint density at radius 2 is 2.20 bits per heavy atom. The van der Waals surface area contributed by atoms with Crippen LogP contribution in [-0.4, -0.2) is 39.7 Å². The molecule has 1 aliphatic heterocycles. The molecule has 0 saturated carbocycles. The molecule has 132 valence electrons. The molecule has 1 saturated heterocycles. The molecule has 0 spiro atoms. The van der Waals surface area contributed by atoms with Crippen LogP contribution in [0.4, 0.5) is 14.5 Å². The Morgan fingerprint density at radius 1 is 1.36 bits per heavy atom. The quantitative estimate of drug-likeness (QED) is 0.793. The summed E-state index contributed by atoms with van der Waals surface area (Å²) in [6.07, 6.45) is 3.70. The molecule has 0 aliphatic carbocycles. The van der Waals surface area contributed by atoms with Crippen LogP contribution in [0.1, 0.15) is 12.8 Å². The second kappa shape index (κ2) is 7.37. The van der Waals surface area contributed by atoms with E-state index < -0.39 is 17.6 Å². The average molecular weight is 349 g/mol. The third kappa shape index (κ3) is 3.98. The highest BCUT2D eigenvalue weighted by atomic mass is 19.1. The first-order valence-electron chi connectivity index (χ1n) is 7.90. The Kier molecular flexibility index (Phi) is 5.01. The monoisotopic (exact) mass is 349 g/mol. The molecular formula is C16H17F2N5O2. The lowest BCUT2D eigenvalue weighted by atomic mass is 10.1. The van der Waals surface area contributed by atoms with Gasteiger partial charge in [-0.1, -0.05) is 0 Å². The molecule has 2 amide bonds. The number of halogens is 2. The van der Waals surface area contributed by atoms with Gasteiger partial charge >= 0.3 is 0 Å². The van der Waals surface area contributed by atoms with E-state index in [0.29, 0.717) is 19.5 Å². The summed E-state index contributed by atoms with van der Waals surface area (Å²) in [6, 6.07) is 3.02. The van der Waals surface area contributed by atoms with Gasteiger partial charge in [0.2, 0.25) is 11.8 Å². The maximum atomic E-state index is 13.8. The summed E-state index contributed by atoms with van der Waals surface area (Å²) in [5.41, 5.74) is -0.00659. The van der Waals surface area contributed by atoms with Crippen LogP contribution >= 0.6 is 0 Å². The maximum Gasteiger partial charge on any atom is 0.227 e. The van der Waals surface area contributed by atoms with Crippen molar-refractivity contribution in [2.24, 2.45) is 5.92 Å². The highest BCUT2D eigenvalue weighted by Gasteiger charge is 2.36. The molecule has 1 aromatic heterocycles. The number of hydrogen-bond acceptors (Lipinski definition) is 4. The van der Waals surface area contributed by atoms with Crippen LogP contribution in [0, 0.1) is 17.6 Å². The minimum absolute atomic E-state index is 0.00568. The number of carbonyl (C=O) groups excluding carboxylic acids is 2. The van der Waals surface area contributed by atoms with Crippen molar-refractivity contribution in [1.29, 1.82) is 0 Å². The van der Waals surface area contributed by atoms with Crippen LogP contribution in [0.3, 0.4) is 0 Å². The average Bonchev–Trinajstić information content (AvgIpc) is 3.21. The fraction of sp³-hybridized carbons (Fsp3) is 0.375. The van der Waals surface area contributed by atoms with Gasteiger partial charge in [-0.25, -0.2) is 13.8 Å². The topological polar surface area (TPSA) is 80.1 Å². The van der Waals surface area contributed by atoms with Crippen LogP contribution in [0.25, 0.3) is 0 Å². The summed E-state index contributed by atoms with van der Waals surface area (Å²) in [5, 5.41) is 6.73. The van der Waals surface area contributed by atoms with Gasteiger partial charge in [0.05, 0.1) is 11.6 Å². The van der Waals surface area contributed by atoms with Gasteiger partial charge in [0.1, 0.15) is 24.3 Å². The standard InChI is InChI=1S/C16H17F2N5O2/c17-12-2-3-14(13(18)7-12)23-8-11(6-15(23)24)16(25)20-4-1-5-22-10-19-9-21-22/h2-3,7,9-11H,1,4-6,8H2,(H,20,25). The minimum atomic E-state index is -0.817. The SMILES string of the molecule is O=C(NCCCn1cncn1)C1CC(=O)N(c2ccc(F)cc2F)C1. The smallest absolute Gasteiger partial charge is 0.227 e. The molecule has 7 nitrogen and oxygen atoms in total. The molecule has 2 heterocycles. The molecule has 2 aromatic rings. The second-order valence-corrected chi connectivity index (χ2v) is 5.80. The molecule has 1 atom stereocenters. The molecule has 0 radical (unpaired) electrons. The summed E-state index contributed by atoms with van der Waals surface area (Å²) in [5.74, 6) is -2.69. The lowest BCUT2D eigenvalue weighted by Gasteiger charge is -2.17. The zero-order chi connectivity index (χ0) is 17.8. The number of amides is 2. The van der Waals surface area contributed by atoms with Gasteiger partial charge in [-0.3, -0.25) is 14.3 Å². The Bertz CT molecular complexity index is 766. The fourth-order valence-corrected chi connectivity index (χ4v) is 2.76. The van der Waals surface area contributed by atoms with Crippen molar-refractivity contribution < 1.29 is 18.4 Å². The largest absolute Gasteiger partial charge is 0.356 e. The summed E-state index contributed by atoms with van der Waals surface area (Å²) in [4.78, 5) is 29.3. The van der Waals surface area contributed by atoms with E-state index in [2.05, 4.69) is 15.4 Å². The normalized spacial score (nSPS) is 17.1. The van der Waals surface area contributed by atoms with Crippen molar-refractivity contribution in [3.63, 3.8) is 0 Å². The first kappa shape index (κ1) is 17.0. The number of anilines is 1. The zero-order valence-corrected chi connectivity index (χ0v) is 13.4. The van der Waals surface area contributed by atoms with Crippen LogP contribution in [0.15, 0.2) is 30.9 Å². The third-order valence-corrected chi connectivity index (χ3v) is 4.03. The zero-order valence-electron chi connectivity index (χ0n) is 13.4. The molecule has 1 unspecified atom stereocenters. The van der Waals surface area contributed by atoms with E-state index >= 15 is 0 Å². The lowest BCUT2D eigenvalue weighted by molar-refractivity contribution is -0.126. The number of aryl methyl sites for hydroxylation is 1. The minimum Gasteiger partial charge on any atom is -0.356 e. The summed E-state index contributed by atoms with van der Waals surface area (Å²) in [6.45, 7) is 1.14. The van der Waals surface area contributed by atoms with Gasteiger partial charge in [-0.2, -0.15) is 5.10 Å². The molecular weight excluding hydrogens is 332 g/mol. The van der Waals surface area contributed by atoms with Crippen LogP contribution in [0.5, 0.6) is 0 Å². The van der Waals surface area contributed by atoms with E-state index in [1.54, 1.807) is 11.0 Å². The molecule has 0 bridgehead atoms. The van der Waals surface area contributed by atoms with E-state index in [9.17, 15) is 18.4 Å². The number of nitrogens with zero attached hydrogens (tertiary/aromatic N) is 4. The van der Waals surface area contributed by atoms with E-state index in [1.807, 2.05) is 0 Å². The molecule has 1 fully saturated rings. The van der Waals surface area contributed by atoms with E-state index in [4.69, 9.17) is 0 Å². The van der Waals surface area contributed by atoms with E-state index in [-0.39, 0.29) is 30.5 Å². The Hall–Kier alpha value is -2.84. The number of hydrogen-bond donors (Lipinski definition) is 1. The predicted molar refractivity (Wildman–Crippen MR) is 84.5 cm³/mol. The molecule has 1 N–H and O–H groups in total. The molecule has 1 aliphatic rings. The highest BCUT2D eigenvalue weighted by Crippen LogP contribution is 2.27.